The average Bonchev–Trinajstić information content (AvgIpc) is 2.93. The van der Waals surface area contributed by atoms with Crippen molar-refractivity contribution in [3.05, 3.63) is 47.3 Å². The average molecular weight is 334 g/mol. The molecule has 1 aromatic carbocycles. The van der Waals surface area contributed by atoms with Gasteiger partial charge in [-0.3, -0.25) is 0 Å². The first-order valence-corrected chi connectivity index (χ1v) is 8.99. The summed E-state index contributed by atoms with van der Waals surface area (Å²) < 4.78 is 0. The van der Waals surface area contributed by atoms with Crippen LogP contribution < -0.4 is 0 Å². The van der Waals surface area contributed by atoms with Crippen LogP contribution in [0.3, 0.4) is 0 Å². The van der Waals surface area contributed by atoms with Crippen LogP contribution in [0, 0.1) is 6.92 Å². The van der Waals surface area contributed by atoms with Crippen LogP contribution in [0.4, 0.5) is 0 Å². The Bertz CT molecular complexity index is 998. The molecule has 4 rings (SSSR count). The molecule has 0 radical (unpaired) electrons. The van der Waals surface area contributed by atoms with Crippen molar-refractivity contribution in [1.29, 1.82) is 0 Å². The van der Waals surface area contributed by atoms with Crippen molar-refractivity contribution in [3.63, 3.8) is 0 Å². The molecule has 25 heavy (non-hydrogen) atoms. The number of aromatic nitrogens is 2. The summed E-state index contributed by atoms with van der Waals surface area (Å²) in [6.07, 6.45) is 11.4. The number of benzene rings is 1. The highest BCUT2D eigenvalue weighted by Gasteiger charge is 2.16. The fourth-order valence-corrected chi connectivity index (χ4v) is 3.93. The highest BCUT2D eigenvalue weighted by Crippen LogP contribution is 2.33. The normalized spacial score (nSPS) is 17.9. The SMILES string of the molecule is Cc1c(C(=O)O)ncc2[nH]c3ccc(/C4=C/CCCCCC4)cc3c12. The summed E-state index contributed by atoms with van der Waals surface area (Å²) in [4.78, 5) is 18.9. The number of H-pyrrole nitrogens is 1. The highest BCUT2D eigenvalue weighted by molar-refractivity contribution is 6.11. The van der Waals surface area contributed by atoms with Gasteiger partial charge in [-0.15, -0.1) is 0 Å². The van der Waals surface area contributed by atoms with E-state index in [1.54, 1.807) is 6.20 Å². The summed E-state index contributed by atoms with van der Waals surface area (Å²) in [5.41, 5.74) is 5.44. The first kappa shape index (κ1) is 15.9. The number of carboxylic acids is 1. The van der Waals surface area contributed by atoms with Gasteiger partial charge in [0.2, 0.25) is 0 Å². The minimum atomic E-state index is -0.979. The molecule has 2 aromatic heterocycles. The predicted molar refractivity (Wildman–Crippen MR) is 101 cm³/mol. The molecule has 0 saturated carbocycles. The van der Waals surface area contributed by atoms with Gasteiger partial charge in [0.15, 0.2) is 5.69 Å². The maximum Gasteiger partial charge on any atom is 0.354 e. The standard InChI is InChI=1S/C21H22N2O2/c1-13-19-16-11-15(14-7-5-3-2-4-6-8-14)9-10-17(16)23-18(19)12-22-20(13)21(24)25/h7,9-12,23H,2-6,8H2,1H3,(H,24,25)/b14-7+. The smallest absolute Gasteiger partial charge is 0.354 e. The number of aromatic carboxylic acids is 1. The van der Waals surface area contributed by atoms with E-state index in [-0.39, 0.29) is 5.69 Å². The third-order valence-corrected chi connectivity index (χ3v) is 5.24. The first-order chi connectivity index (χ1) is 12.1. The summed E-state index contributed by atoms with van der Waals surface area (Å²) >= 11 is 0. The second-order valence-electron chi connectivity index (χ2n) is 6.89. The molecule has 0 amide bonds. The lowest BCUT2D eigenvalue weighted by atomic mass is 9.93. The molecule has 4 heteroatoms. The Morgan fingerprint density at radius 3 is 2.84 bits per heavy atom. The Hall–Kier alpha value is -2.62. The van der Waals surface area contributed by atoms with Gasteiger partial charge in [-0.25, -0.2) is 9.78 Å². The molecule has 0 saturated heterocycles. The maximum atomic E-state index is 11.4. The molecule has 0 unspecified atom stereocenters. The summed E-state index contributed by atoms with van der Waals surface area (Å²) in [7, 11) is 0. The van der Waals surface area contributed by atoms with E-state index in [1.807, 2.05) is 6.92 Å². The highest BCUT2D eigenvalue weighted by atomic mass is 16.4. The second kappa shape index (κ2) is 6.36. The molecule has 0 aliphatic heterocycles. The predicted octanol–water partition coefficient (Wildman–Crippen LogP) is 5.46. The van der Waals surface area contributed by atoms with E-state index in [9.17, 15) is 9.90 Å². The molecule has 4 nitrogen and oxygen atoms in total. The fraction of sp³-hybridized carbons (Fsp3) is 0.333. The molecule has 1 aliphatic carbocycles. The number of hydrogen-bond donors (Lipinski definition) is 2. The second-order valence-corrected chi connectivity index (χ2v) is 6.89. The van der Waals surface area contributed by atoms with Crippen molar-refractivity contribution >= 4 is 33.3 Å². The van der Waals surface area contributed by atoms with Gasteiger partial charge in [0.05, 0.1) is 11.7 Å². The lowest BCUT2D eigenvalue weighted by Gasteiger charge is -2.12. The quantitative estimate of drug-likeness (QED) is 0.654. The van der Waals surface area contributed by atoms with E-state index in [2.05, 4.69) is 34.2 Å². The third kappa shape index (κ3) is 2.82. The minimum Gasteiger partial charge on any atom is -0.477 e. The number of nitrogens with zero attached hydrogens (tertiary/aromatic N) is 1. The van der Waals surface area contributed by atoms with Crippen LogP contribution in [0.5, 0.6) is 0 Å². The van der Waals surface area contributed by atoms with Crippen molar-refractivity contribution in [2.45, 2.75) is 45.4 Å². The van der Waals surface area contributed by atoms with Gasteiger partial charge in [0.1, 0.15) is 0 Å². The molecule has 0 bridgehead atoms. The molecule has 0 spiro atoms. The van der Waals surface area contributed by atoms with E-state index in [1.165, 1.54) is 36.8 Å². The minimum absolute atomic E-state index is 0.129. The van der Waals surface area contributed by atoms with Gasteiger partial charge < -0.3 is 10.1 Å². The maximum absolute atomic E-state index is 11.4. The van der Waals surface area contributed by atoms with Gasteiger partial charge in [0, 0.05) is 16.3 Å². The molecule has 1 aliphatic rings. The Morgan fingerprint density at radius 1 is 1.16 bits per heavy atom. The zero-order chi connectivity index (χ0) is 17.4. The Morgan fingerprint density at radius 2 is 2.00 bits per heavy atom. The van der Waals surface area contributed by atoms with Gasteiger partial charge in [-0.1, -0.05) is 25.0 Å². The molecule has 0 atom stereocenters. The molecule has 128 valence electrons. The van der Waals surface area contributed by atoms with Crippen LogP contribution in [-0.2, 0) is 0 Å². The Labute approximate surface area is 146 Å². The lowest BCUT2D eigenvalue weighted by Crippen LogP contribution is -2.03. The van der Waals surface area contributed by atoms with Gasteiger partial charge >= 0.3 is 5.97 Å². The number of allylic oxidation sites excluding steroid dienone is 2. The van der Waals surface area contributed by atoms with E-state index >= 15 is 0 Å². The van der Waals surface area contributed by atoms with Crippen LogP contribution in [0.15, 0.2) is 30.5 Å². The van der Waals surface area contributed by atoms with Crippen LogP contribution in [0.2, 0.25) is 0 Å². The zero-order valence-corrected chi connectivity index (χ0v) is 14.4. The number of hydrogen-bond acceptors (Lipinski definition) is 2. The number of aryl methyl sites for hydroxylation is 1. The van der Waals surface area contributed by atoms with Crippen molar-refractivity contribution in [3.8, 4) is 0 Å². The van der Waals surface area contributed by atoms with E-state index in [0.717, 1.165) is 40.2 Å². The summed E-state index contributed by atoms with van der Waals surface area (Å²) in [5.74, 6) is -0.979. The van der Waals surface area contributed by atoms with Crippen LogP contribution in [-0.4, -0.2) is 21.0 Å². The number of carboxylic acid groups (broad SMARTS) is 1. The molecular weight excluding hydrogens is 312 g/mol. The number of pyridine rings is 1. The number of fused-ring (bicyclic) bond motifs is 3. The molecule has 0 fully saturated rings. The molecule has 3 aromatic rings. The Balaban J connectivity index is 1.90. The topological polar surface area (TPSA) is 66.0 Å². The summed E-state index contributed by atoms with van der Waals surface area (Å²) in [6, 6.07) is 6.48. The summed E-state index contributed by atoms with van der Waals surface area (Å²) in [5, 5.41) is 11.4. The van der Waals surface area contributed by atoms with Gasteiger partial charge in [0.25, 0.3) is 0 Å². The molecule has 2 N–H and O–H groups in total. The number of rotatable bonds is 2. The number of nitrogens with one attached hydrogen (secondary N) is 1. The fourth-order valence-electron chi connectivity index (χ4n) is 3.93. The van der Waals surface area contributed by atoms with Crippen LogP contribution in [0.1, 0.15) is 60.1 Å². The van der Waals surface area contributed by atoms with Crippen molar-refractivity contribution in [2.75, 3.05) is 0 Å². The van der Waals surface area contributed by atoms with Crippen LogP contribution >= 0.6 is 0 Å². The third-order valence-electron chi connectivity index (χ3n) is 5.24. The van der Waals surface area contributed by atoms with Gasteiger partial charge in [-0.2, -0.15) is 0 Å². The number of carbonyl (C=O) groups is 1. The lowest BCUT2D eigenvalue weighted by molar-refractivity contribution is 0.0690. The number of aromatic amines is 1. The molecule has 2 heterocycles. The van der Waals surface area contributed by atoms with E-state index in [0.29, 0.717) is 0 Å². The first-order valence-electron chi connectivity index (χ1n) is 8.99. The van der Waals surface area contributed by atoms with E-state index < -0.39 is 5.97 Å². The summed E-state index contributed by atoms with van der Waals surface area (Å²) in [6.45, 7) is 1.84. The van der Waals surface area contributed by atoms with E-state index in [4.69, 9.17) is 0 Å². The van der Waals surface area contributed by atoms with Crippen molar-refractivity contribution < 1.29 is 9.90 Å². The van der Waals surface area contributed by atoms with Crippen LogP contribution in [0.25, 0.3) is 27.4 Å². The Kier molecular flexibility index (Phi) is 4.04. The van der Waals surface area contributed by atoms with Crippen molar-refractivity contribution in [1.82, 2.24) is 9.97 Å². The monoisotopic (exact) mass is 334 g/mol. The molecular formula is C21H22N2O2. The zero-order valence-electron chi connectivity index (χ0n) is 14.4. The van der Waals surface area contributed by atoms with Crippen molar-refractivity contribution in [2.24, 2.45) is 0 Å². The largest absolute Gasteiger partial charge is 0.477 e. The van der Waals surface area contributed by atoms with Gasteiger partial charge in [-0.05, 0) is 61.4 Å².